The minimum absolute atomic E-state index is 0.473. The number of ether oxygens (including phenoxy) is 1. The lowest BCUT2D eigenvalue weighted by molar-refractivity contribution is 0.185. The molecule has 5 heteroatoms. The Hall–Kier alpha value is -2.66. The summed E-state index contributed by atoms with van der Waals surface area (Å²) < 4.78 is 9.27. The van der Waals surface area contributed by atoms with Gasteiger partial charge in [-0.15, -0.1) is 5.10 Å². The van der Waals surface area contributed by atoms with E-state index in [0.717, 1.165) is 22.6 Å². The fraction of sp³-hybridized carbons (Fsp3) is 0.300. The molecule has 1 aromatic carbocycles. The molecule has 4 rings (SSSR count). The molecule has 0 bridgehead atoms. The Morgan fingerprint density at radius 1 is 1.20 bits per heavy atom. The van der Waals surface area contributed by atoms with Crippen LogP contribution in [0.5, 0.6) is 0 Å². The Bertz CT molecular complexity index is 1060. The van der Waals surface area contributed by atoms with Crippen LogP contribution in [0.15, 0.2) is 42.7 Å². The first kappa shape index (κ1) is 15.8. The molecular weight excluding hydrogens is 312 g/mol. The van der Waals surface area contributed by atoms with E-state index < -0.39 is 0 Å². The highest BCUT2D eigenvalue weighted by atomic mass is 16.5. The van der Waals surface area contributed by atoms with E-state index in [1.807, 2.05) is 22.8 Å². The minimum Gasteiger partial charge on any atom is -0.380 e. The number of aryl methyl sites for hydroxylation is 1. The molecule has 0 saturated heterocycles. The van der Waals surface area contributed by atoms with Crippen LogP contribution in [-0.2, 0) is 18.4 Å². The third kappa shape index (κ3) is 2.61. The van der Waals surface area contributed by atoms with Crippen LogP contribution in [-0.4, -0.2) is 26.3 Å². The Morgan fingerprint density at radius 2 is 2.04 bits per heavy atom. The van der Waals surface area contributed by atoms with Crippen LogP contribution in [0.3, 0.4) is 0 Å². The molecule has 128 valence electrons. The SMILES string of the molecule is COCc1cccn2nc(-c3ccc4c(c3)c(C(C)C)cn4C)nc12. The maximum absolute atomic E-state index is 5.27. The average Bonchev–Trinajstić information content (AvgIpc) is 3.17. The predicted octanol–water partition coefficient (Wildman–Crippen LogP) is 4.16. The molecule has 4 aromatic rings. The van der Waals surface area contributed by atoms with Crippen LogP contribution in [0.1, 0.15) is 30.9 Å². The van der Waals surface area contributed by atoms with Crippen molar-refractivity contribution in [3.8, 4) is 11.4 Å². The van der Waals surface area contributed by atoms with Gasteiger partial charge >= 0.3 is 0 Å². The summed E-state index contributed by atoms with van der Waals surface area (Å²) in [6.07, 6.45) is 4.14. The number of aromatic nitrogens is 4. The van der Waals surface area contributed by atoms with Crippen LogP contribution in [0.4, 0.5) is 0 Å². The van der Waals surface area contributed by atoms with E-state index in [0.29, 0.717) is 12.5 Å². The number of fused-ring (bicyclic) bond motifs is 2. The van der Waals surface area contributed by atoms with Gasteiger partial charge in [-0.25, -0.2) is 9.50 Å². The fourth-order valence-corrected chi connectivity index (χ4v) is 3.37. The third-order valence-electron chi connectivity index (χ3n) is 4.64. The van der Waals surface area contributed by atoms with E-state index in [2.05, 4.69) is 55.0 Å². The summed E-state index contributed by atoms with van der Waals surface area (Å²) in [6, 6.07) is 10.4. The van der Waals surface area contributed by atoms with Crippen molar-refractivity contribution in [2.75, 3.05) is 7.11 Å². The standard InChI is InChI=1S/C20H22N4O/c1-13(2)17-11-23(3)18-8-7-14(10-16(17)18)19-21-20-15(12-25-4)6-5-9-24(20)22-19/h5-11,13H,12H2,1-4H3. The smallest absolute Gasteiger partial charge is 0.182 e. The molecule has 0 unspecified atom stereocenters. The summed E-state index contributed by atoms with van der Waals surface area (Å²) in [5, 5.41) is 5.93. The zero-order valence-electron chi connectivity index (χ0n) is 15.0. The number of nitrogens with zero attached hydrogens (tertiary/aromatic N) is 4. The maximum Gasteiger partial charge on any atom is 0.182 e. The number of benzene rings is 1. The zero-order chi connectivity index (χ0) is 17.6. The van der Waals surface area contributed by atoms with Gasteiger partial charge in [0.25, 0.3) is 0 Å². The van der Waals surface area contributed by atoms with Gasteiger partial charge in [-0.1, -0.05) is 19.9 Å². The lowest BCUT2D eigenvalue weighted by Gasteiger charge is -2.03. The molecule has 0 amide bonds. The van der Waals surface area contributed by atoms with Gasteiger partial charge in [0.05, 0.1) is 6.61 Å². The summed E-state index contributed by atoms with van der Waals surface area (Å²) in [6.45, 7) is 4.97. The van der Waals surface area contributed by atoms with E-state index in [1.165, 1.54) is 16.5 Å². The summed E-state index contributed by atoms with van der Waals surface area (Å²) in [4.78, 5) is 4.75. The molecule has 5 nitrogen and oxygen atoms in total. The van der Waals surface area contributed by atoms with Crippen LogP contribution in [0.25, 0.3) is 27.9 Å². The van der Waals surface area contributed by atoms with Gasteiger partial charge in [0, 0.05) is 48.6 Å². The Balaban J connectivity index is 1.88. The molecule has 0 spiro atoms. The molecule has 25 heavy (non-hydrogen) atoms. The monoisotopic (exact) mass is 334 g/mol. The largest absolute Gasteiger partial charge is 0.380 e. The van der Waals surface area contributed by atoms with E-state index in [-0.39, 0.29) is 0 Å². The van der Waals surface area contributed by atoms with E-state index in [1.54, 1.807) is 7.11 Å². The second kappa shape index (κ2) is 6.01. The lowest BCUT2D eigenvalue weighted by atomic mass is 10.0. The average molecular weight is 334 g/mol. The second-order valence-corrected chi connectivity index (χ2v) is 6.75. The molecule has 0 fully saturated rings. The summed E-state index contributed by atoms with van der Waals surface area (Å²) in [5.41, 5.74) is 5.50. The normalized spacial score (nSPS) is 11.9. The Labute approximate surface area is 146 Å². The topological polar surface area (TPSA) is 44.4 Å². The highest BCUT2D eigenvalue weighted by Gasteiger charge is 2.14. The quantitative estimate of drug-likeness (QED) is 0.563. The van der Waals surface area contributed by atoms with Crippen LogP contribution in [0.2, 0.25) is 0 Å². The zero-order valence-corrected chi connectivity index (χ0v) is 15.0. The highest BCUT2D eigenvalue weighted by molar-refractivity contribution is 5.88. The van der Waals surface area contributed by atoms with E-state index in [4.69, 9.17) is 9.72 Å². The van der Waals surface area contributed by atoms with Crippen molar-refractivity contribution < 1.29 is 4.74 Å². The summed E-state index contributed by atoms with van der Waals surface area (Å²) in [7, 11) is 3.78. The van der Waals surface area contributed by atoms with Crippen molar-refractivity contribution >= 4 is 16.6 Å². The maximum atomic E-state index is 5.27. The lowest BCUT2D eigenvalue weighted by Crippen LogP contribution is -1.94. The van der Waals surface area contributed by atoms with Crippen LogP contribution in [0, 0.1) is 0 Å². The number of pyridine rings is 1. The molecule has 0 aliphatic heterocycles. The van der Waals surface area contributed by atoms with Crippen molar-refractivity contribution in [3.05, 3.63) is 53.9 Å². The van der Waals surface area contributed by atoms with Crippen molar-refractivity contribution in [1.29, 1.82) is 0 Å². The van der Waals surface area contributed by atoms with Gasteiger partial charge in [-0.3, -0.25) is 0 Å². The first-order valence-corrected chi connectivity index (χ1v) is 8.51. The fourth-order valence-electron chi connectivity index (χ4n) is 3.37. The molecular formula is C20H22N4O. The second-order valence-electron chi connectivity index (χ2n) is 6.75. The van der Waals surface area contributed by atoms with E-state index >= 15 is 0 Å². The number of methoxy groups -OCH3 is 1. The van der Waals surface area contributed by atoms with Gasteiger partial charge in [0.15, 0.2) is 11.5 Å². The van der Waals surface area contributed by atoms with Gasteiger partial charge in [-0.05, 0) is 35.7 Å². The van der Waals surface area contributed by atoms with Gasteiger partial charge in [0.1, 0.15) is 0 Å². The number of rotatable bonds is 4. The van der Waals surface area contributed by atoms with Gasteiger partial charge < -0.3 is 9.30 Å². The number of hydrogen-bond donors (Lipinski definition) is 0. The summed E-state index contributed by atoms with van der Waals surface area (Å²) in [5.74, 6) is 1.21. The minimum atomic E-state index is 0.473. The molecule has 0 atom stereocenters. The predicted molar refractivity (Wildman–Crippen MR) is 99.7 cm³/mol. The van der Waals surface area contributed by atoms with Crippen molar-refractivity contribution in [1.82, 2.24) is 19.2 Å². The Kier molecular flexibility index (Phi) is 3.81. The molecule has 0 saturated carbocycles. The third-order valence-corrected chi connectivity index (χ3v) is 4.64. The Morgan fingerprint density at radius 3 is 2.80 bits per heavy atom. The van der Waals surface area contributed by atoms with Crippen molar-refractivity contribution in [2.45, 2.75) is 26.4 Å². The molecule has 0 aliphatic carbocycles. The molecule has 3 aromatic heterocycles. The van der Waals surface area contributed by atoms with Gasteiger partial charge in [-0.2, -0.15) is 0 Å². The molecule has 3 heterocycles. The molecule has 0 N–H and O–H groups in total. The van der Waals surface area contributed by atoms with Gasteiger partial charge in [0.2, 0.25) is 0 Å². The van der Waals surface area contributed by atoms with Crippen LogP contribution >= 0.6 is 0 Å². The first-order valence-electron chi connectivity index (χ1n) is 8.51. The molecule has 0 aliphatic rings. The summed E-state index contributed by atoms with van der Waals surface area (Å²) >= 11 is 0. The van der Waals surface area contributed by atoms with Crippen molar-refractivity contribution in [3.63, 3.8) is 0 Å². The number of hydrogen-bond acceptors (Lipinski definition) is 3. The first-order chi connectivity index (χ1) is 12.1. The van der Waals surface area contributed by atoms with Crippen molar-refractivity contribution in [2.24, 2.45) is 7.05 Å². The highest BCUT2D eigenvalue weighted by Crippen LogP contribution is 2.30. The van der Waals surface area contributed by atoms with Crippen LogP contribution < -0.4 is 0 Å². The molecule has 0 radical (unpaired) electrons. The van der Waals surface area contributed by atoms with E-state index in [9.17, 15) is 0 Å².